The molecule has 0 saturated carbocycles. The molecule has 0 spiro atoms. The minimum atomic E-state index is -2.67. The van der Waals surface area contributed by atoms with Gasteiger partial charge < -0.3 is 8.85 Å². The SMILES string of the molecule is CO[Si](OC)(c1cccc2cccc(C)c12)C(C)(C)C(C)C(C)C. The van der Waals surface area contributed by atoms with Crippen LogP contribution in [0.4, 0.5) is 0 Å². The van der Waals surface area contributed by atoms with Gasteiger partial charge in [0.15, 0.2) is 0 Å². The maximum atomic E-state index is 6.29. The molecule has 0 radical (unpaired) electrons. The summed E-state index contributed by atoms with van der Waals surface area (Å²) in [6.45, 7) is 13.7. The second-order valence-electron chi connectivity index (χ2n) is 7.76. The molecule has 0 bridgehead atoms. The molecule has 24 heavy (non-hydrogen) atoms. The van der Waals surface area contributed by atoms with E-state index in [1.165, 1.54) is 21.5 Å². The van der Waals surface area contributed by atoms with E-state index in [-0.39, 0.29) is 5.04 Å². The number of hydrogen-bond acceptors (Lipinski definition) is 2. The average Bonchev–Trinajstić information content (AvgIpc) is 2.55. The first-order valence-electron chi connectivity index (χ1n) is 8.82. The summed E-state index contributed by atoms with van der Waals surface area (Å²) < 4.78 is 12.6. The van der Waals surface area contributed by atoms with E-state index in [1.807, 2.05) is 14.2 Å². The van der Waals surface area contributed by atoms with Gasteiger partial charge in [-0.15, -0.1) is 0 Å². The standard InChI is InChI=1S/C21H32O2Si/c1-15(2)17(4)21(5,6)24(22-7,23-8)19-14-10-13-18-12-9-11-16(3)20(18)19/h9-15,17H,1-8H3. The monoisotopic (exact) mass is 344 g/mol. The van der Waals surface area contributed by atoms with Gasteiger partial charge >= 0.3 is 8.56 Å². The van der Waals surface area contributed by atoms with Crippen LogP contribution < -0.4 is 5.19 Å². The molecule has 0 heterocycles. The minimum absolute atomic E-state index is 0.0682. The van der Waals surface area contributed by atoms with Crippen LogP contribution in [0.2, 0.25) is 5.04 Å². The number of benzene rings is 2. The van der Waals surface area contributed by atoms with Crippen molar-refractivity contribution in [3.05, 3.63) is 42.0 Å². The Morgan fingerprint density at radius 3 is 1.96 bits per heavy atom. The fraction of sp³-hybridized carbons (Fsp3) is 0.524. The Hall–Kier alpha value is -1.16. The molecule has 0 amide bonds. The van der Waals surface area contributed by atoms with Gasteiger partial charge in [0.25, 0.3) is 0 Å². The summed E-state index contributed by atoms with van der Waals surface area (Å²) in [7, 11) is 0.973. The number of fused-ring (bicyclic) bond motifs is 1. The van der Waals surface area contributed by atoms with Crippen molar-refractivity contribution in [2.45, 2.75) is 46.6 Å². The van der Waals surface area contributed by atoms with E-state index in [1.54, 1.807) is 0 Å². The molecule has 0 aliphatic carbocycles. The Morgan fingerprint density at radius 1 is 0.917 bits per heavy atom. The van der Waals surface area contributed by atoms with Crippen molar-refractivity contribution in [3.63, 3.8) is 0 Å². The smallest absolute Gasteiger partial charge is 0.378 e. The Morgan fingerprint density at radius 2 is 1.46 bits per heavy atom. The number of hydrogen-bond donors (Lipinski definition) is 0. The summed E-state index contributed by atoms with van der Waals surface area (Å²) in [5.74, 6) is 1.04. The molecule has 1 unspecified atom stereocenters. The van der Waals surface area contributed by atoms with E-state index in [4.69, 9.17) is 8.85 Å². The topological polar surface area (TPSA) is 18.5 Å². The van der Waals surface area contributed by atoms with Crippen LogP contribution in [-0.4, -0.2) is 22.8 Å². The third-order valence-corrected chi connectivity index (χ3v) is 10.5. The highest BCUT2D eigenvalue weighted by molar-refractivity contribution is 6.85. The van der Waals surface area contributed by atoms with E-state index < -0.39 is 8.56 Å². The van der Waals surface area contributed by atoms with Gasteiger partial charge in [0, 0.05) is 24.4 Å². The predicted molar refractivity (Wildman–Crippen MR) is 106 cm³/mol. The molecule has 3 heteroatoms. The van der Waals surface area contributed by atoms with Crippen LogP contribution in [0.3, 0.4) is 0 Å². The molecule has 2 nitrogen and oxygen atoms in total. The molecule has 132 valence electrons. The first-order valence-corrected chi connectivity index (χ1v) is 10.6. The van der Waals surface area contributed by atoms with E-state index in [0.29, 0.717) is 11.8 Å². The van der Waals surface area contributed by atoms with Crippen LogP contribution in [0.25, 0.3) is 10.8 Å². The van der Waals surface area contributed by atoms with Crippen LogP contribution in [0.5, 0.6) is 0 Å². The molecule has 0 aliphatic rings. The van der Waals surface area contributed by atoms with Gasteiger partial charge in [-0.25, -0.2) is 0 Å². The molecule has 2 rings (SSSR count). The zero-order valence-corrected chi connectivity index (χ0v) is 17.4. The Kier molecular flexibility index (Phi) is 5.58. The second-order valence-corrected chi connectivity index (χ2v) is 11.6. The molecule has 0 aliphatic heterocycles. The van der Waals surface area contributed by atoms with Crippen molar-refractivity contribution < 1.29 is 8.85 Å². The first-order chi connectivity index (χ1) is 11.2. The second kappa shape index (κ2) is 6.99. The van der Waals surface area contributed by atoms with Gasteiger partial charge in [-0.1, -0.05) is 71.0 Å². The molecule has 1 atom stereocenters. The van der Waals surface area contributed by atoms with Gasteiger partial charge in [0.1, 0.15) is 0 Å². The largest absolute Gasteiger partial charge is 0.394 e. The molecule has 0 N–H and O–H groups in total. The highest BCUT2D eigenvalue weighted by Crippen LogP contribution is 2.48. The fourth-order valence-corrected chi connectivity index (χ4v) is 8.38. The van der Waals surface area contributed by atoms with E-state index in [2.05, 4.69) is 77.9 Å². The van der Waals surface area contributed by atoms with Crippen LogP contribution >= 0.6 is 0 Å². The van der Waals surface area contributed by atoms with Crippen molar-refractivity contribution >= 4 is 24.5 Å². The molecule has 2 aromatic carbocycles. The van der Waals surface area contributed by atoms with Crippen molar-refractivity contribution in [3.8, 4) is 0 Å². The number of aryl methyl sites for hydroxylation is 1. The zero-order chi connectivity index (χ0) is 18.1. The highest BCUT2D eigenvalue weighted by Gasteiger charge is 2.56. The summed E-state index contributed by atoms with van der Waals surface area (Å²) in [4.78, 5) is 0. The summed E-state index contributed by atoms with van der Waals surface area (Å²) >= 11 is 0. The molecule has 0 aromatic heterocycles. The first kappa shape index (κ1) is 19.2. The van der Waals surface area contributed by atoms with Crippen molar-refractivity contribution in [2.75, 3.05) is 14.2 Å². The summed E-state index contributed by atoms with van der Waals surface area (Å²) in [6, 6.07) is 13.0. The molecular weight excluding hydrogens is 312 g/mol. The van der Waals surface area contributed by atoms with Gasteiger partial charge in [-0.3, -0.25) is 0 Å². The fourth-order valence-electron chi connectivity index (χ4n) is 4.11. The lowest BCUT2D eigenvalue weighted by Crippen LogP contribution is -2.62. The van der Waals surface area contributed by atoms with Crippen LogP contribution in [-0.2, 0) is 8.85 Å². The summed E-state index contributed by atoms with van der Waals surface area (Å²) in [5, 5.41) is 3.73. The maximum Gasteiger partial charge on any atom is 0.378 e. The molecule has 0 fully saturated rings. The quantitative estimate of drug-likeness (QED) is 0.674. The van der Waals surface area contributed by atoms with Gasteiger partial charge in [-0.05, 0) is 35.1 Å². The van der Waals surface area contributed by atoms with E-state index in [9.17, 15) is 0 Å². The Bertz CT molecular complexity index is 697. The normalized spacial score (nSPS) is 14.4. The van der Waals surface area contributed by atoms with Crippen LogP contribution in [0.15, 0.2) is 36.4 Å². The van der Waals surface area contributed by atoms with Crippen LogP contribution in [0, 0.1) is 18.8 Å². The lowest BCUT2D eigenvalue weighted by atomic mass is 9.86. The molecule has 2 aromatic rings. The van der Waals surface area contributed by atoms with Crippen molar-refractivity contribution in [2.24, 2.45) is 11.8 Å². The average molecular weight is 345 g/mol. The van der Waals surface area contributed by atoms with E-state index in [0.717, 1.165) is 0 Å². The number of rotatable bonds is 6. The van der Waals surface area contributed by atoms with E-state index >= 15 is 0 Å². The predicted octanol–water partition coefficient (Wildman–Crippen LogP) is 5.16. The Labute approximate surface area is 148 Å². The summed E-state index contributed by atoms with van der Waals surface area (Å²) in [6.07, 6.45) is 0. The molecule has 0 saturated heterocycles. The zero-order valence-electron chi connectivity index (χ0n) is 16.4. The van der Waals surface area contributed by atoms with Crippen LogP contribution in [0.1, 0.15) is 40.2 Å². The third kappa shape index (κ3) is 2.83. The van der Waals surface area contributed by atoms with Gasteiger partial charge in [0.05, 0.1) is 0 Å². The van der Waals surface area contributed by atoms with Gasteiger partial charge in [-0.2, -0.15) is 0 Å². The van der Waals surface area contributed by atoms with Gasteiger partial charge in [0.2, 0.25) is 0 Å². The summed E-state index contributed by atoms with van der Waals surface area (Å²) in [5.41, 5.74) is 1.28. The lowest BCUT2D eigenvalue weighted by Gasteiger charge is -2.47. The Balaban J connectivity index is 2.81. The minimum Gasteiger partial charge on any atom is -0.394 e. The maximum absolute atomic E-state index is 6.29. The lowest BCUT2D eigenvalue weighted by molar-refractivity contribution is 0.186. The van der Waals surface area contributed by atoms with Crippen molar-refractivity contribution in [1.82, 2.24) is 0 Å². The molecular formula is C21H32O2Si. The highest BCUT2D eigenvalue weighted by atomic mass is 28.4. The van der Waals surface area contributed by atoms with Crippen molar-refractivity contribution in [1.29, 1.82) is 0 Å². The third-order valence-electron chi connectivity index (χ3n) is 6.03.